The van der Waals surface area contributed by atoms with Crippen LogP contribution in [-0.4, -0.2) is 28.1 Å². The topological polar surface area (TPSA) is 54.2 Å². The van der Waals surface area contributed by atoms with E-state index in [1.54, 1.807) is 0 Å². The van der Waals surface area contributed by atoms with E-state index in [2.05, 4.69) is 72.1 Å². The largest absolute Gasteiger partial charge is 0.357 e. The van der Waals surface area contributed by atoms with E-state index in [1.165, 1.54) is 17.5 Å². The number of nitrogens with one attached hydrogen (secondary N) is 2. The highest BCUT2D eigenvalue weighted by Crippen LogP contribution is 2.09. The number of aliphatic imine (C=N–C) groups is 1. The number of hydrogen-bond donors (Lipinski definition) is 2. The molecule has 0 aliphatic rings. The summed E-state index contributed by atoms with van der Waals surface area (Å²) in [4.78, 5) is 8.86. The van der Waals surface area contributed by atoms with Crippen molar-refractivity contribution >= 4 is 5.96 Å². The van der Waals surface area contributed by atoms with Gasteiger partial charge in [0.05, 0.1) is 12.9 Å². The first-order chi connectivity index (χ1) is 12.6. The molecule has 1 unspecified atom stereocenters. The van der Waals surface area contributed by atoms with Crippen molar-refractivity contribution in [1.29, 1.82) is 0 Å². The summed E-state index contributed by atoms with van der Waals surface area (Å²) in [5.74, 6) is 1.63. The molecular weight excluding hydrogens is 322 g/mol. The van der Waals surface area contributed by atoms with E-state index in [-0.39, 0.29) is 0 Å². The monoisotopic (exact) mass is 355 g/mol. The van der Waals surface area contributed by atoms with Crippen molar-refractivity contribution in [2.45, 2.75) is 59.7 Å². The minimum absolute atomic E-state index is 0.419. The van der Waals surface area contributed by atoms with Crippen molar-refractivity contribution < 1.29 is 0 Å². The summed E-state index contributed by atoms with van der Waals surface area (Å²) in [6.07, 6.45) is 8.02. The van der Waals surface area contributed by atoms with Crippen molar-refractivity contribution in [3.05, 3.63) is 54.1 Å². The Labute approximate surface area is 158 Å². The van der Waals surface area contributed by atoms with Crippen LogP contribution in [0.15, 0.2) is 48.0 Å². The van der Waals surface area contributed by atoms with E-state index >= 15 is 0 Å². The number of benzene rings is 1. The van der Waals surface area contributed by atoms with Gasteiger partial charge in [-0.25, -0.2) is 9.98 Å². The maximum atomic E-state index is 4.76. The van der Waals surface area contributed by atoms with Gasteiger partial charge in [0.2, 0.25) is 0 Å². The molecule has 0 radical (unpaired) electrons. The average Bonchev–Trinajstić information content (AvgIpc) is 3.11. The number of hydrogen-bond acceptors (Lipinski definition) is 2. The number of aromatic nitrogens is 2. The van der Waals surface area contributed by atoms with Crippen LogP contribution in [0.25, 0.3) is 0 Å². The molecule has 142 valence electrons. The molecule has 0 fully saturated rings. The Hall–Kier alpha value is -2.30. The van der Waals surface area contributed by atoms with Gasteiger partial charge >= 0.3 is 0 Å². The Bertz CT molecular complexity index is 661. The molecular formula is C21H33N5. The first kappa shape index (κ1) is 20.0. The highest BCUT2D eigenvalue weighted by molar-refractivity contribution is 5.80. The molecule has 1 atom stereocenters. The molecule has 0 aliphatic carbocycles. The number of guanidine groups is 1. The molecule has 0 bridgehead atoms. The van der Waals surface area contributed by atoms with Gasteiger partial charge in [-0.2, -0.15) is 0 Å². The molecule has 5 nitrogen and oxygen atoms in total. The molecule has 0 saturated carbocycles. The second kappa shape index (κ2) is 10.6. The van der Waals surface area contributed by atoms with E-state index in [1.807, 2.05) is 18.7 Å². The molecule has 0 amide bonds. The summed E-state index contributed by atoms with van der Waals surface area (Å²) in [7, 11) is 0. The van der Waals surface area contributed by atoms with E-state index in [9.17, 15) is 0 Å². The normalized spacial score (nSPS) is 13.0. The highest BCUT2D eigenvalue weighted by Gasteiger charge is 2.06. The van der Waals surface area contributed by atoms with Crippen LogP contribution in [0.1, 0.15) is 51.7 Å². The van der Waals surface area contributed by atoms with Crippen molar-refractivity contribution in [2.75, 3.05) is 6.54 Å². The Morgan fingerprint density at radius 2 is 2.00 bits per heavy atom. The predicted molar refractivity (Wildman–Crippen MR) is 109 cm³/mol. The lowest BCUT2D eigenvalue weighted by molar-refractivity contribution is 0.489. The second-order valence-corrected chi connectivity index (χ2v) is 7.27. The standard InChI is InChI=1S/C21H33N5/c1-5-23-21(25-18(4)10-9-17(2)3)24-14-19-7-6-8-20(13-19)15-26-12-11-22-16-26/h6-8,11-13,16-18H,5,9-10,14-15H2,1-4H3,(H2,23,24,25). The van der Waals surface area contributed by atoms with Gasteiger partial charge in [0.15, 0.2) is 5.96 Å². The fraction of sp³-hybridized carbons (Fsp3) is 0.524. The molecule has 0 saturated heterocycles. The molecule has 2 rings (SSSR count). The van der Waals surface area contributed by atoms with Gasteiger partial charge in [0, 0.05) is 31.5 Å². The summed E-state index contributed by atoms with van der Waals surface area (Å²) in [6, 6.07) is 9.01. The van der Waals surface area contributed by atoms with Crippen molar-refractivity contribution in [2.24, 2.45) is 10.9 Å². The summed E-state index contributed by atoms with van der Waals surface area (Å²) >= 11 is 0. The lowest BCUT2D eigenvalue weighted by atomic mass is 10.0. The summed E-state index contributed by atoms with van der Waals surface area (Å²) < 4.78 is 2.07. The van der Waals surface area contributed by atoms with Gasteiger partial charge in [0.1, 0.15) is 0 Å². The van der Waals surface area contributed by atoms with E-state index in [4.69, 9.17) is 4.99 Å². The van der Waals surface area contributed by atoms with Crippen LogP contribution in [0.5, 0.6) is 0 Å². The molecule has 1 aromatic carbocycles. The summed E-state index contributed by atoms with van der Waals surface area (Å²) in [5.41, 5.74) is 2.48. The summed E-state index contributed by atoms with van der Waals surface area (Å²) in [6.45, 7) is 11.2. The minimum Gasteiger partial charge on any atom is -0.357 e. The zero-order valence-corrected chi connectivity index (χ0v) is 16.6. The van der Waals surface area contributed by atoms with Crippen LogP contribution in [0.2, 0.25) is 0 Å². The molecule has 1 heterocycles. The first-order valence-corrected chi connectivity index (χ1v) is 9.65. The van der Waals surface area contributed by atoms with Crippen LogP contribution < -0.4 is 10.6 Å². The average molecular weight is 356 g/mol. The van der Waals surface area contributed by atoms with E-state index in [0.717, 1.165) is 31.4 Å². The van der Waals surface area contributed by atoms with E-state index < -0.39 is 0 Å². The Kier molecular flexibility index (Phi) is 8.19. The Morgan fingerprint density at radius 3 is 2.69 bits per heavy atom. The fourth-order valence-corrected chi connectivity index (χ4v) is 2.80. The van der Waals surface area contributed by atoms with Gasteiger partial charge in [0.25, 0.3) is 0 Å². The molecule has 2 N–H and O–H groups in total. The minimum atomic E-state index is 0.419. The quantitative estimate of drug-likeness (QED) is 0.531. The van der Waals surface area contributed by atoms with Crippen LogP contribution in [-0.2, 0) is 13.1 Å². The van der Waals surface area contributed by atoms with Gasteiger partial charge in [-0.15, -0.1) is 0 Å². The maximum absolute atomic E-state index is 4.76. The van der Waals surface area contributed by atoms with Crippen molar-refractivity contribution in [1.82, 2.24) is 20.2 Å². The lowest BCUT2D eigenvalue weighted by Crippen LogP contribution is -2.42. The Morgan fingerprint density at radius 1 is 1.19 bits per heavy atom. The van der Waals surface area contributed by atoms with Crippen LogP contribution in [0.4, 0.5) is 0 Å². The third-order valence-corrected chi connectivity index (χ3v) is 4.24. The lowest BCUT2D eigenvalue weighted by Gasteiger charge is -2.18. The zero-order valence-electron chi connectivity index (χ0n) is 16.6. The SMILES string of the molecule is CCNC(=NCc1cccc(Cn2ccnc2)c1)NC(C)CCC(C)C. The third-order valence-electron chi connectivity index (χ3n) is 4.24. The predicted octanol–water partition coefficient (Wildman–Crippen LogP) is 3.81. The van der Waals surface area contributed by atoms with Gasteiger partial charge in [-0.05, 0) is 43.7 Å². The molecule has 0 aliphatic heterocycles. The smallest absolute Gasteiger partial charge is 0.191 e. The van der Waals surface area contributed by atoms with Crippen molar-refractivity contribution in [3.63, 3.8) is 0 Å². The number of imidazole rings is 1. The van der Waals surface area contributed by atoms with Gasteiger partial charge < -0.3 is 15.2 Å². The number of rotatable bonds is 9. The first-order valence-electron chi connectivity index (χ1n) is 9.65. The van der Waals surface area contributed by atoms with Gasteiger partial charge in [-0.3, -0.25) is 0 Å². The third kappa shape index (κ3) is 7.30. The zero-order chi connectivity index (χ0) is 18.8. The molecule has 5 heteroatoms. The fourth-order valence-electron chi connectivity index (χ4n) is 2.80. The van der Waals surface area contributed by atoms with Gasteiger partial charge in [-0.1, -0.05) is 38.1 Å². The maximum Gasteiger partial charge on any atom is 0.191 e. The van der Waals surface area contributed by atoms with Crippen LogP contribution in [0, 0.1) is 5.92 Å². The van der Waals surface area contributed by atoms with Crippen LogP contribution >= 0.6 is 0 Å². The molecule has 1 aromatic heterocycles. The van der Waals surface area contributed by atoms with Crippen molar-refractivity contribution in [3.8, 4) is 0 Å². The number of nitrogens with zero attached hydrogens (tertiary/aromatic N) is 3. The molecule has 2 aromatic rings. The summed E-state index contributed by atoms with van der Waals surface area (Å²) in [5, 5.41) is 6.87. The Balaban J connectivity index is 1.95. The molecule has 0 spiro atoms. The molecule has 26 heavy (non-hydrogen) atoms. The van der Waals surface area contributed by atoms with Crippen LogP contribution in [0.3, 0.4) is 0 Å². The highest BCUT2D eigenvalue weighted by atomic mass is 15.2. The van der Waals surface area contributed by atoms with E-state index in [0.29, 0.717) is 12.6 Å². The second-order valence-electron chi connectivity index (χ2n) is 7.27.